The molecular formula is C12H20O4. The predicted molar refractivity (Wildman–Crippen MR) is 60.8 cm³/mol. The van der Waals surface area contributed by atoms with E-state index in [0.29, 0.717) is 13.2 Å². The molecule has 0 saturated carbocycles. The molecule has 1 atom stereocenters. The first-order valence-electron chi connectivity index (χ1n) is 5.34. The standard InChI is InChI=1S/C12H20O4/c1-9(7-15-11(3)13)5-6-10(2)8-16-12(4)14/h5,10H,6-8H2,1-4H3/b9-5-. The highest BCUT2D eigenvalue weighted by molar-refractivity contribution is 5.66. The van der Waals surface area contributed by atoms with Crippen LogP contribution in [0.3, 0.4) is 0 Å². The zero-order valence-electron chi connectivity index (χ0n) is 10.4. The van der Waals surface area contributed by atoms with E-state index in [1.807, 2.05) is 19.9 Å². The fourth-order valence-corrected chi connectivity index (χ4v) is 1.00. The Labute approximate surface area is 96.6 Å². The van der Waals surface area contributed by atoms with E-state index in [4.69, 9.17) is 9.47 Å². The van der Waals surface area contributed by atoms with E-state index in [1.165, 1.54) is 13.8 Å². The van der Waals surface area contributed by atoms with E-state index >= 15 is 0 Å². The third-order valence-electron chi connectivity index (χ3n) is 1.94. The lowest BCUT2D eigenvalue weighted by Crippen LogP contribution is -2.09. The van der Waals surface area contributed by atoms with Crippen molar-refractivity contribution in [3.8, 4) is 0 Å². The Morgan fingerprint density at radius 1 is 1.12 bits per heavy atom. The second kappa shape index (κ2) is 7.91. The molecule has 0 saturated heterocycles. The third-order valence-corrected chi connectivity index (χ3v) is 1.94. The van der Waals surface area contributed by atoms with Gasteiger partial charge in [-0.2, -0.15) is 0 Å². The van der Waals surface area contributed by atoms with Gasteiger partial charge in [-0.05, 0) is 24.8 Å². The number of allylic oxidation sites excluding steroid dienone is 1. The number of hydrogen-bond acceptors (Lipinski definition) is 4. The molecule has 0 fully saturated rings. The average Bonchev–Trinajstić information content (AvgIpc) is 2.20. The molecule has 0 aromatic heterocycles. The van der Waals surface area contributed by atoms with Crippen molar-refractivity contribution in [2.45, 2.75) is 34.1 Å². The Morgan fingerprint density at radius 2 is 1.69 bits per heavy atom. The zero-order chi connectivity index (χ0) is 12.6. The van der Waals surface area contributed by atoms with Gasteiger partial charge in [0, 0.05) is 13.8 Å². The van der Waals surface area contributed by atoms with E-state index in [0.717, 1.165) is 12.0 Å². The summed E-state index contributed by atoms with van der Waals surface area (Å²) in [6, 6.07) is 0. The van der Waals surface area contributed by atoms with Gasteiger partial charge in [0.2, 0.25) is 0 Å². The van der Waals surface area contributed by atoms with Gasteiger partial charge in [-0.1, -0.05) is 13.0 Å². The van der Waals surface area contributed by atoms with Crippen LogP contribution in [0.4, 0.5) is 0 Å². The van der Waals surface area contributed by atoms with E-state index in [9.17, 15) is 9.59 Å². The fraction of sp³-hybridized carbons (Fsp3) is 0.667. The van der Waals surface area contributed by atoms with Crippen LogP contribution < -0.4 is 0 Å². The highest BCUT2D eigenvalue weighted by Crippen LogP contribution is 2.06. The maximum atomic E-state index is 10.6. The van der Waals surface area contributed by atoms with Crippen LogP contribution in [0, 0.1) is 5.92 Å². The Balaban J connectivity index is 3.78. The number of carbonyl (C=O) groups excluding carboxylic acids is 2. The molecule has 0 radical (unpaired) electrons. The van der Waals surface area contributed by atoms with Gasteiger partial charge in [-0.3, -0.25) is 9.59 Å². The molecule has 0 rings (SSSR count). The third kappa shape index (κ3) is 9.24. The van der Waals surface area contributed by atoms with Crippen molar-refractivity contribution in [2.75, 3.05) is 13.2 Å². The number of rotatable bonds is 6. The molecule has 4 heteroatoms. The molecule has 0 aliphatic heterocycles. The Kier molecular flexibility index (Phi) is 7.25. The summed E-state index contributed by atoms with van der Waals surface area (Å²) in [5, 5.41) is 0. The van der Waals surface area contributed by atoms with Crippen molar-refractivity contribution >= 4 is 11.9 Å². The first-order valence-corrected chi connectivity index (χ1v) is 5.34. The van der Waals surface area contributed by atoms with Gasteiger partial charge in [-0.15, -0.1) is 0 Å². The second-order valence-electron chi connectivity index (χ2n) is 3.97. The molecule has 0 aromatic carbocycles. The largest absolute Gasteiger partial charge is 0.466 e. The molecule has 0 spiro atoms. The van der Waals surface area contributed by atoms with Crippen LogP contribution in [0.1, 0.15) is 34.1 Å². The fourth-order valence-electron chi connectivity index (χ4n) is 1.00. The van der Waals surface area contributed by atoms with Crippen molar-refractivity contribution in [2.24, 2.45) is 5.92 Å². The summed E-state index contributed by atoms with van der Waals surface area (Å²) < 4.78 is 9.72. The topological polar surface area (TPSA) is 52.6 Å². The van der Waals surface area contributed by atoms with Gasteiger partial charge in [0.1, 0.15) is 6.61 Å². The summed E-state index contributed by atoms with van der Waals surface area (Å²) in [5.74, 6) is -0.260. The molecule has 4 nitrogen and oxygen atoms in total. The van der Waals surface area contributed by atoms with Crippen LogP contribution in [-0.2, 0) is 19.1 Å². The van der Waals surface area contributed by atoms with Crippen LogP contribution in [0.5, 0.6) is 0 Å². The Hall–Kier alpha value is -1.32. The van der Waals surface area contributed by atoms with Crippen molar-refractivity contribution in [1.29, 1.82) is 0 Å². The molecule has 92 valence electrons. The van der Waals surface area contributed by atoms with Crippen molar-refractivity contribution in [3.05, 3.63) is 11.6 Å². The van der Waals surface area contributed by atoms with Gasteiger partial charge in [0.05, 0.1) is 6.61 Å². The minimum absolute atomic E-state index is 0.257. The quantitative estimate of drug-likeness (QED) is 0.516. The first-order chi connectivity index (χ1) is 7.41. The summed E-state index contributed by atoms with van der Waals surface area (Å²) in [7, 11) is 0. The smallest absolute Gasteiger partial charge is 0.302 e. The number of carbonyl (C=O) groups is 2. The maximum Gasteiger partial charge on any atom is 0.302 e. The van der Waals surface area contributed by atoms with E-state index in [-0.39, 0.29) is 17.9 Å². The summed E-state index contributed by atoms with van der Waals surface area (Å²) in [6.45, 7) is 7.44. The minimum Gasteiger partial charge on any atom is -0.466 e. The summed E-state index contributed by atoms with van der Waals surface area (Å²) in [4.78, 5) is 21.1. The van der Waals surface area contributed by atoms with Gasteiger partial charge in [0.25, 0.3) is 0 Å². The average molecular weight is 228 g/mol. The van der Waals surface area contributed by atoms with Gasteiger partial charge in [0.15, 0.2) is 0 Å². The highest BCUT2D eigenvalue weighted by atomic mass is 16.5. The van der Waals surface area contributed by atoms with Gasteiger partial charge >= 0.3 is 11.9 Å². The molecule has 0 amide bonds. The lowest BCUT2D eigenvalue weighted by Gasteiger charge is -2.09. The van der Waals surface area contributed by atoms with Crippen molar-refractivity contribution in [3.63, 3.8) is 0 Å². The van der Waals surface area contributed by atoms with E-state index in [2.05, 4.69) is 0 Å². The SMILES string of the molecule is CC(=O)OC/C(C)=C\CC(C)COC(C)=O. The summed E-state index contributed by atoms with van der Waals surface area (Å²) in [6.07, 6.45) is 2.80. The van der Waals surface area contributed by atoms with Gasteiger partial charge in [-0.25, -0.2) is 0 Å². The Morgan fingerprint density at radius 3 is 2.19 bits per heavy atom. The maximum absolute atomic E-state index is 10.6. The minimum atomic E-state index is -0.277. The number of hydrogen-bond donors (Lipinski definition) is 0. The summed E-state index contributed by atoms with van der Waals surface area (Å²) >= 11 is 0. The molecule has 0 aliphatic carbocycles. The summed E-state index contributed by atoms with van der Waals surface area (Å²) in [5.41, 5.74) is 1.00. The van der Waals surface area contributed by atoms with Crippen molar-refractivity contribution in [1.82, 2.24) is 0 Å². The monoisotopic (exact) mass is 228 g/mol. The first kappa shape index (κ1) is 14.7. The molecule has 1 unspecified atom stereocenters. The highest BCUT2D eigenvalue weighted by Gasteiger charge is 2.03. The molecule has 0 N–H and O–H groups in total. The normalized spacial score (nSPS) is 13.1. The molecule has 0 aromatic rings. The lowest BCUT2D eigenvalue weighted by atomic mass is 10.1. The predicted octanol–water partition coefficient (Wildman–Crippen LogP) is 2.09. The van der Waals surface area contributed by atoms with Crippen LogP contribution in [0.2, 0.25) is 0 Å². The molecular weight excluding hydrogens is 208 g/mol. The van der Waals surface area contributed by atoms with E-state index < -0.39 is 0 Å². The number of ether oxygens (including phenoxy) is 2. The molecule has 0 heterocycles. The number of esters is 2. The Bertz CT molecular complexity index is 268. The van der Waals surface area contributed by atoms with Crippen LogP contribution >= 0.6 is 0 Å². The molecule has 0 aliphatic rings. The van der Waals surface area contributed by atoms with E-state index in [1.54, 1.807) is 0 Å². The molecule has 0 bridgehead atoms. The van der Waals surface area contributed by atoms with Crippen LogP contribution in [0.15, 0.2) is 11.6 Å². The molecule has 16 heavy (non-hydrogen) atoms. The zero-order valence-corrected chi connectivity index (χ0v) is 10.4. The second-order valence-corrected chi connectivity index (χ2v) is 3.97. The van der Waals surface area contributed by atoms with Crippen LogP contribution in [0.25, 0.3) is 0 Å². The lowest BCUT2D eigenvalue weighted by molar-refractivity contribution is -0.142. The van der Waals surface area contributed by atoms with Crippen molar-refractivity contribution < 1.29 is 19.1 Å². The van der Waals surface area contributed by atoms with Gasteiger partial charge < -0.3 is 9.47 Å². The van der Waals surface area contributed by atoms with Crippen LogP contribution in [-0.4, -0.2) is 25.2 Å².